The fourth-order valence-corrected chi connectivity index (χ4v) is 6.80. The van der Waals surface area contributed by atoms with Gasteiger partial charge in [-0.3, -0.25) is 9.59 Å². The summed E-state index contributed by atoms with van der Waals surface area (Å²) in [5, 5.41) is 2.48. The van der Waals surface area contributed by atoms with Crippen molar-refractivity contribution in [3.63, 3.8) is 0 Å². The lowest BCUT2D eigenvalue weighted by molar-refractivity contribution is -0.123. The topological polar surface area (TPSA) is 50.3 Å². The fraction of sp³-hybridized carbons (Fsp3) is 0.480. The summed E-state index contributed by atoms with van der Waals surface area (Å²) in [7, 11) is 0. The molecule has 3 fully saturated rings. The van der Waals surface area contributed by atoms with Crippen molar-refractivity contribution in [1.29, 1.82) is 0 Å². The Morgan fingerprint density at radius 3 is 2.20 bits per heavy atom. The van der Waals surface area contributed by atoms with Gasteiger partial charge in [-0.15, -0.1) is 11.3 Å². The first-order valence-electron chi connectivity index (χ1n) is 11.0. The highest BCUT2D eigenvalue weighted by Crippen LogP contribution is 2.60. The van der Waals surface area contributed by atoms with Gasteiger partial charge in [0.2, 0.25) is 11.8 Å². The van der Waals surface area contributed by atoms with Gasteiger partial charge in [-0.25, -0.2) is 9.88 Å². The number of allylic oxidation sites excluding steroid dienone is 2. The molecule has 2 aliphatic carbocycles. The number of fused-ring (bicyclic) bond motifs is 5. The van der Waals surface area contributed by atoms with Gasteiger partial charge in [0.1, 0.15) is 0 Å². The van der Waals surface area contributed by atoms with E-state index < -0.39 is 0 Å². The van der Waals surface area contributed by atoms with Crippen molar-refractivity contribution in [2.24, 2.45) is 29.6 Å². The molecule has 1 aromatic heterocycles. The van der Waals surface area contributed by atoms with E-state index in [2.05, 4.69) is 52.0 Å². The minimum atomic E-state index is -0.177. The van der Waals surface area contributed by atoms with E-state index in [1.807, 2.05) is 5.38 Å². The number of rotatable bonds is 4. The van der Waals surface area contributed by atoms with E-state index in [0.29, 0.717) is 11.0 Å². The molecule has 0 unspecified atom stereocenters. The first kappa shape index (κ1) is 19.7. The standard InChI is InChI=1S/C25H28N2O2S/c1-13(2)11-15-5-7-16(8-6-15)19-12-30-25(26-19)27-23(28)21-17-9-10-18(20(17)14(3)4)22(21)24(27)29/h5-8,12-13,17-18,21-22H,9-11H2,1-4H3/t17-,18+,21+,22-. The third-order valence-corrected chi connectivity index (χ3v) is 7.83. The molecule has 1 saturated heterocycles. The lowest BCUT2D eigenvalue weighted by atomic mass is 9.81. The molecule has 5 rings (SSSR count). The monoisotopic (exact) mass is 420 g/mol. The van der Waals surface area contributed by atoms with E-state index in [-0.39, 0.29) is 35.5 Å². The number of nitrogens with zero attached hydrogens (tertiary/aromatic N) is 2. The quantitative estimate of drug-likeness (QED) is 0.485. The summed E-state index contributed by atoms with van der Waals surface area (Å²) < 4.78 is 0. The van der Waals surface area contributed by atoms with Crippen molar-refractivity contribution in [2.75, 3.05) is 4.90 Å². The first-order chi connectivity index (χ1) is 14.4. The van der Waals surface area contributed by atoms with Crippen LogP contribution in [0.2, 0.25) is 0 Å². The van der Waals surface area contributed by atoms with E-state index in [4.69, 9.17) is 4.98 Å². The highest BCUT2D eigenvalue weighted by Gasteiger charge is 2.64. The minimum Gasteiger partial charge on any atom is -0.274 e. The van der Waals surface area contributed by atoms with Crippen LogP contribution in [0.3, 0.4) is 0 Å². The third kappa shape index (κ3) is 2.89. The van der Waals surface area contributed by atoms with E-state index >= 15 is 0 Å². The molecule has 1 aliphatic heterocycles. The van der Waals surface area contributed by atoms with Crippen molar-refractivity contribution < 1.29 is 9.59 Å². The smallest absolute Gasteiger partial charge is 0.240 e. The molecule has 1 aromatic carbocycles. The second-order valence-corrected chi connectivity index (χ2v) is 10.5. The van der Waals surface area contributed by atoms with Crippen molar-refractivity contribution in [2.45, 2.75) is 47.0 Å². The number of hydrogen-bond acceptors (Lipinski definition) is 4. The highest BCUT2D eigenvalue weighted by molar-refractivity contribution is 7.14. The number of hydrogen-bond donors (Lipinski definition) is 0. The first-order valence-corrected chi connectivity index (χ1v) is 11.8. The molecule has 2 saturated carbocycles. The van der Waals surface area contributed by atoms with E-state index in [1.54, 1.807) is 0 Å². The van der Waals surface area contributed by atoms with Crippen molar-refractivity contribution in [3.05, 3.63) is 46.4 Å². The third-order valence-electron chi connectivity index (χ3n) is 7.01. The zero-order valence-electron chi connectivity index (χ0n) is 18.0. The number of carbonyl (C=O) groups is 2. The van der Waals surface area contributed by atoms with Crippen molar-refractivity contribution in [1.82, 2.24) is 4.98 Å². The molecule has 0 radical (unpaired) electrons. The molecule has 30 heavy (non-hydrogen) atoms. The molecule has 4 atom stereocenters. The number of aromatic nitrogens is 1. The van der Waals surface area contributed by atoms with Crippen LogP contribution < -0.4 is 4.90 Å². The Hall–Kier alpha value is -2.27. The summed E-state index contributed by atoms with van der Waals surface area (Å²) in [5.74, 6) is 0.690. The Kier molecular flexibility index (Phi) is 4.69. The van der Waals surface area contributed by atoms with Gasteiger partial charge >= 0.3 is 0 Å². The highest BCUT2D eigenvalue weighted by atomic mass is 32.1. The molecule has 156 valence electrons. The van der Waals surface area contributed by atoms with Gasteiger partial charge < -0.3 is 0 Å². The molecule has 2 aromatic rings. The van der Waals surface area contributed by atoms with Gasteiger partial charge in [0.25, 0.3) is 0 Å². The maximum absolute atomic E-state index is 13.3. The average Bonchev–Trinajstić information content (AvgIpc) is 3.44. The fourth-order valence-electron chi connectivity index (χ4n) is 5.96. The number of imide groups is 1. The molecule has 0 spiro atoms. The molecule has 2 bridgehead atoms. The van der Waals surface area contributed by atoms with Crippen LogP contribution in [0, 0.1) is 29.6 Å². The van der Waals surface area contributed by atoms with Gasteiger partial charge in [-0.2, -0.15) is 0 Å². The number of amides is 2. The van der Waals surface area contributed by atoms with Crippen LogP contribution in [0.15, 0.2) is 40.8 Å². The Labute approximate surface area is 182 Å². The van der Waals surface area contributed by atoms with E-state index in [9.17, 15) is 9.59 Å². The van der Waals surface area contributed by atoms with Gasteiger partial charge in [0, 0.05) is 10.9 Å². The van der Waals surface area contributed by atoms with Crippen LogP contribution in [0.5, 0.6) is 0 Å². The number of carbonyl (C=O) groups excluding carboxylic acids is 2. The predicted molar refractivity (Wildman–Crippen MR) is 120 cm³/mol. The summed E-state index contributed by atoms with van der Waals surface area (Å²) in [6.07, 6.45) is 3.12. The van der Waals surface area contributed by atoms with Crippen LogP contribution >= 0.6 is 11.3 Å². The van der Waals surface area contributed by atoms with Crippen LogP contribution in [-0.2, 0) is 16.0 Å². The second-order valence-electron chi connectivity index (χ2n) is 9.62. The lowest BCUT2D eigenvalue weighted by Crippen LogP contribution is -2.33. The average molecular weight is 421 g/mol. The number of benzene rings is 1. The molecule has 4 nitrogen and oxygen atoms in total. The van der Waals surface area contributed by atoms with Crippen molar-refractivity contribution >= 4 is 28.3 Å². The van der Waals surface area contributed by atoms with Gasteiger partial charge in [0.15, 0.2) is 5.13 Å². The normalized spacial score (nSPS) is 27.5. The van der Waals surface area contributed by atoms with Crippen LogP contribution in [0.1, 0.15) is 46.1 Å². The van der Waals surface area contributed by atoms with Gasteiger partial charge in [-0.1, -0.05) is 49.3 Å². The maximum atomic E-state index is 13.3. The summed E-state index contributed by atoms with van der Waals surface area (Å²) in [5.41, 5.74) is 5.84. The van der Waals surface area contributed by atoms with E-state index in [1.165, 1.54) is 32.9 Å². The van der Waals surface area contributed by atoms with Crippen LogP contribution in [0.25, 0.3) is 11.3 Å². The number of thiazole rings is 1. The zero-order chi connectivity index (χ0) is 21.2. The molecule has 5 heteroatoms. The largest absolute Gasteiger partial charge is 0.274 e. The van der Waals surface area contributed by atoms with Gasteiger partial charge in [-0.05, 0) is 56.4 Å². The molecule has 2 heterocycles. The molecule has 0 N–H and O–H groups in total. The van der Waals surface area contributed by atoms with E-state index in [0.717, 1.165) is 30.5 Å². The number of anilines is 1. The summed E-state index contributed by atoms with van der Waals surface area (Å²) in [4.78, 5) is 32.7. The van der Waals surface area contributed by atoms with Gasteiger partial charge in [0.05, 0.1) is 17.5 Å². The Morgan fingerprint density at radius 2 is 1.67 bits per heavy atom. The zero-order valence-corrected chi connectivity index (χ0v) is 18.8. The second kappa shape index (κ2) is 7.16. The SMILES string of the molecule is CC(C)=C1[C@H]2CC[C@@H]1[C@H]1C(=O)N(c3nc(-c4ccc(CC(C)C)cc4)cs3)C(=O)[C@H]12. The maximum Gasteiger partial charge on any atom is 0.240 e. The minimum absolute atomic E-state index is 0.0378. The summed E-state index contributed by atoms with van der Waals surface area (Å²) in [6.45, 7) is 8.67. The predicted octanol–water partition coefficient (Wildman–Crippen LogP) is 5.49. The molecule has 2 amide bonds. The Bertz CT molecular complexity index is 1010. The molecule has 3 aliphatic rings. The molecular weight excluding hydrogens is 392 g/mol. The Morgan fingerprint density at radius 1 is 1.07 bits per heavy atom. The summed E-state index contributed by atoms with van der Waals surface area (Å²) >= 11 is 1.39. The summed E-state index contributed by atoms with van der Waals surface area (Å²) in [6, 6.07) is 8.45. The Balaban J connectivity index is 1.41. The van der Waals surface area contributed by atoms with Crippen LogP contribution in [0.4, 0.5) is 5.13 Å². The molecular formula is C25H28N2O2S. The lowest BCUT2D eigenvalue weighted by Gasteiger charge is -2.18. The van der Waals surface area contributed by atoms with Crippen LogP contribution in [-0.4, -0.2) is 16.8 Å². The van der Waals surface area contributed by atoms with Crippen molar-refractivity contribution in [3.8, 4) is 11.3 Å².